The average molecular weight is 656 g/mol. The quantitative estimate of drug-likeness (QED) is 0.0532. The molecule has 4 heteroatoms. The van der Waals surface area contributed by atoms with Crippen LogP contribution < -0.4 is 14.2 Å². The molecule has 0 N–H and O–H groups in total. The predicted molar refractivity (Wildman–Crippen MR) is 205 cm³/mol. The third-order valence-electron chi connectivity index (χ3n) is 9.39. The van der Waals surface area contributed by atoms with Crippen LogP contribution in [0.5, 0.6) is 17.2 Å². The number of hydrogen-bond acceptors (Lipinski definition) is 3. The lowest BCUT2D eigenvalue weighted by Gasteiger charge is -2.18. The van der Waals surface area contributed by atoms with Crippen molar-refractivity contribution in [2.24, 2.45) is 0 Å². The van der Waals surface area contributed by atoms with E-state index in [0.717, 1.165) is 19.3 Å². The molecule has 0 fully saturated rings. The lowest BCUT2D eigenvalue weighted by molar-refractivity contribution is 0.234. The Balaban J connectivity index is 2.54. The van der Waals surface area contributed by atoms with E-state index in [1.807, 2.05) is 12.1 Å². The molecule has 0 unspecified atom stereocenters. The smallest absolute Gasteiger partial charge is 0.200 e. The average Bonchev–Trinajstić information content (AvgIpc) is 3.09. The van der Waals surface area contributed by atoms with Crippen molar-refractivity contribution in [2.45, 2.75) is 213 Å². The second kappa shape index (κ2) is 34.0. The van der Waals surface area contributed by atoms with Crippen LogP contribution >= 0.6 is 0 Å². The molecule has 272 valence electrons. The van der Waals surface area contributed by atoms with Gasteiger partial charge in [-0.15, -0.1) is 0 Å². The second-order valence-corrected chi connectivity index (χ2v) is 14.0. The van der Waals surface area contributed by atoms with Gasteiger partial charge in [0.1, 0.15) is 0 Å². The second-order valence-electron chi connectivity index (χ2n) is 14.0. The van der Waals surface area contributed by atoms with E-state index in [-0.39, 0.29) is 0 Å². The molecule has 0 heterocycles. The fourth-order valence-electron chi connectivity index (χ4n) is 6.29. The molecule has 0 aliphatic heterocycles. The first kappa shape index (κ1) is 43.1. The molecule has 0 aliphatic rings. The largest absolute Gasteiger partial charge is 0.491 e. The molecule has 0 amide bonds. The molecule has 0 spiro atoms. The first-order valence-corrected chi connectivity index (χ1v) is 20.7. The summed E-state index contributed by atoms with van der Waals surface area (Å²) in [5.41, 5.74) is 0.562. The van der Waals surface area contributed by atoms with Crippen LogP contribution in [-0.2, 0) is 0 Å². The van der Waals surface area contributed by atoms with E-state index in [9.17, 15) is 0 Å². The van der Waals surface area contributed by atoms with Crippen LogP contribution in [0, 0.1) is 6.57 Å². The van der Waals surface area contributed by atoms with E-state index < -0.39 is 0 Å². The normalized spacial score (nSPS) is 11.1. The van der Waals surface area contributed by atoms with Crippen LogP contribution in [0.2, 0.25) is 0 Å². The molecule has 4 nitrogen and oxygen atoms in total. The van der Waals surface area contributed by atoms with Gasteiger partial charge in [0.05, 0.1) is 26.4 Å². The summed E-state index contributed by atoms with van der Waals surface area (Å²) >= 11 is 0. The van der Waals surface area contributed by atoms with Crippen molar-refractivity contribution in [1.82, 2.24) is 0 Å². The summed E-state index contributed by atoms with van der Waals surface area (Å²) in [6, 6.07) is 3.70. The standard InChI is InChI=1S/C43H77NO3/c1-5-8-11-14-17-20-23-26-29-32-35-45-41-38-40(44-4)39-42(46-36-33-30-27-24-21-18-15-12-9-6-2)43(41)47-37-34-31-28-25-22-19-16-13-10-7-3/h38-39H,5-37H2,1-3H3. The molecule has 0 radical (unpaired) electrons. The predicted octanol–water partition coefficient (Wildman–Crippen LogP) is 15.1. The Kier molecular flexibility index (Phi) is 31.2. The summed E-state index contributed by atoms with van der Waals surface area (Å²) in [5, 5.41) is 0. The van der Waals surface area contributed by atoms with Gasteiger partial charge in [0, 0.05) is 0 Å². The Hall–Kier alpha value is -1.89. The summed E-state index contributed by atoms with van der Waals surface area (Å²) in [4.78, 5) is 3.74. The van der Waals surface area contributed by atoms with Crippen LogP contribution in [0.25, 0.3) is 4.85 Å². The summed E-state index contributed by atoms with van der Waals surface area (Å²) in [6.45, 7) is 16.5. The zero-order chi connectivity index (χ0) is 33.9. The Labute approximate surface area is 293 Å². The minimum atomic E-state index is 0.562. The topological polar surface area (TPSA) is 32.0 Å². The zero-order valence-electron chi connectivity index (χ0n) is 31.7. The number of unbranched alkanes of at least 4 members (excludes halogenated alkanes) is 27. The Morgan fingerprint density at radius 2 is 0.638 bits per heavy atom. The molecule has 0 aromatic heterocycles. The molecule has 1 aromatic rings. The number of hydrogen-bond donors (Lipinski definition) is 0. The SMILES string of the molecule is [C-]#[N+]c1cc(OCCCCCCCCCCCC)c(OCCCCCCCCCCCC)c(OCCCCCCCCCCCC)c1. The maximum Gasteiger partial charge on any atom is 0.200 e. The molecule has 0 saturated carbocycles. The van der Waals surface area contributed by atoms with Crippen molar-refractivity contribution in [3.05, 3.63) is 23.5 Å². The number of benzene rings is 1. The van der Waals surface area contributed by atoms with E-state index in [1.165, 1.54) is 173 Å². The Morgan fingerprint density at radius 3 is 0.915 bits per heavy atom. The monoisotopic (exact) mass is 656 g/mol. The van der Waals surface area contributed by atoms with Crippen molar-refractivity contribution >= 4 is 5.69 Å². The molecule has 0 aliphatic carbocycles. The molecule has 0 bridgehead atoms. The zero-order valence-corrected chi connectivity index (χ0v) is 31.7. The van der Waals surface area contributed by atoms with E-state index in [4.69, 9.17) is 20.8 Å². The molecular weight excluding hydrogens is 578 g/mol. The first-order valence-electron chi connectivity index (χ1n) is 20.7. The number of ether oxygens (including phenoxy) is 3. The third kappa shape index (κ3) is 25.8. The van der Waals surface area contributed by atoms with Gasteiger partial charge in [-0.05, 0) is 31.4 Å². The van der Waals surface area contributed by atoms with Crippen molar-refractivity contribution in [3.8, 4) is 17.2 Å². The van der Waals surface area contributed by atoms with Crippen LogP contribution in [0.1, 0.15) is 213 Å². The van der Waals surface area contributed by atoms with Crippen molar-refractivity contribution in [1.29, 1.82) is 0 Å². The van der Waals surface area contributed by atoms with Crippen LogP contribution in [0.15, 0.2) is 12.1 Å². The molecular formula is C43H77NO3. The van der Waals surface area contributed by atoms with E-state index in [0.29, 0.717) is 42.8 Å². The number of nitrogens with zero attached hydrogens (tertiary/aromatic N) is 1. The van der Waals surface area contributed by atoms with Crippen molar-refractivity contribution in [2.75, 3.05) is 19.8 Å². The molecule has 1 aromatic carbocycles. The van der Waals surface area contributed by atoms with Gasteiger partial charge in [-0.2, -0.15) is 0 Å². The fourth-order valence-corrected chi connectivity index (χ4v) is 6.29. The van der Waals surface area contributed by atoms with Crippen molar-refractivity contribution < 1.29 is 14.2 Å². The van der Waals surface area contributed by atoms with Gasteiger partial charge in [0.15, 0.2) is 17.2 Å². The van der Waals surface area contributed by atoms with Gasteiger partial charge in [0.25, 0.3) is 0 Å². The van der Waals surface area contributed by atoms with E-state index >= 15 is 0 Å². The lowest BCUT2D eigenvalue weighted by atomic mass is 10.1. The highest BCUT2D eigenvalue weighted by atomic mass is 16.5. The van der Waals surface area contributed by atoms with Crippen LogP contribution in [0.4, 0.5) is 5.69 Å². The minimum Gasteiger partial charge on any atom is -0.491 e. The van der Waals surface area contributed by atoms with E-state index in [2.05, 4.69) is 25.6 Å². The first-order chi connectivity index (χ1) is 23.3. The van der Waals surface area contributed by atoms with Crippen LogP contribution in [-0.4, -0.2) is 19.8 Å². The minimum absolute atomic E-state index is 0.562. The molecule has 0 atom stereocenters. The van der Waals surface area contributed by atoms with Gasteiger partial charge in [-0.25, -0.2) is 4.85 Å². The van der Waals surface area contributed by atoms with Gasteiger partial charge >= 0.3 is 0 Å². The summed E-state index contributed by atoms with van der Waals surface area (Å²) < 4.78 is 19.0. The highest BCUT2D eigenvalue weighted by molar-refractivity contribution is 5.63. The summed E-state index contributed by atoms with van der Waals surface area (Å²) in [5.74, 6) is 2.06. The lowest BCUT2D eigenvalue weighted by Crippen LogP contribution is -2.06. The van der Waals surface area contributed by atoms with Gasteiger partial charge in [-0.1, -0.05) is 194 Å². The highest BCUT2D eigenvalue weighted by Gasteiger charge is 2.16. The molecule has 0 saturated heterocycles. The van der Waals surface area contributed by atoms with E-state index in [1.54, 1.807) is 0 Å². The summed E-state index contributed by atoms with van der Waals surface area (Å²) in [6.07, 6.45) is 39.1. The van der Waals surface area contributed by atoms with Gasteiger partial charge in [-0.3, -0.25) is 0 Å². The molecule has 47 heavy (non-hydrogen) atoms. The molecule has 1 rings (SSSR count). The highest BCUT2D eigenvalue weighted by Crippen LogP contribution is 2.42. The maximum atomic E-state index is 7.70. The van der Waals surface area contributed by atoms with Gasteiger partial charge in [0.2, 0.25) is 5.75 Å². The summed E-state index contributed by atoms with van der Waals surface area (Å²) in [7, 11) is 0. The Bertz CT molecular complexity index is 801. The third-order valence-corrected chi connectivity index (χ3v) is 9.39. The van der Waals surface area contributed by atoms with Crippen molar-refractivity contribution in [3.63, 3.8) is 0 Å². The van der Waals surface area contributed by atoms with Gasteiger partial charge < -0.3 is 14.2 Å². The maximum absolute atomic E-state index is 7.70. The Morgan fingerprint density at radius 1 is 0.383 bits per heavy atom. The number of rotatable bonds is 36. The van der Waals surface area contributed by atoms with Crippen LogP contribution in [0.3, 0.4) is 0 Å². The fraction of sp³-hybridized carbons (Fsp3) is 0.837.